The number of sulfonamides is 1. The number of nitrogens with one attached hydrogen (secondary N) is 1. The van der Waals surface area contributed by atoms with E-state index in [1.807, 2.05) is 62.4 Å². The highest BCUT2D eigenvalue weighted by molar-refractivity contribution is 7.92. The molecule has 0 bridgehead atoms. The van der Waals surface area contributed by atoms with Crippen molar-refractivity contribution in [2.45, 2.75) is 39.5 Å². The molecule has 2 aromatic carbocycles. The average Bonchev–Trinajstić information content (AvgIpc) is 2.64. The molecular formula is C22H30N2O3S. The maximum absolute atomic E-state index is 12.3. The van der Waals surface area contributed by atoms with Crippen LogP contribution in [0.25, 0.3) is 0 Å². The van der Waals surface area contributed by atoms with Crippen LogP contribution in [-0.4, -0.2) is 33.7 Å². The molecule has 2 aromatic rings. The van der Waals surface area contributed by atoms with Crippen LogP contribution in [0.4, 0.5) is 5.69 Å². The minimum absolute atomic E-state index is 0.0577. The smallest absolute Gasteiger partial charge is 0.232 e. The van der Waals surface area contributed by atoms with E-state index in [4.69, 9.17) is 0 Å². The van der Waals surface area contributed by atoms with Gasteiger partial charge in [-0.1, -0.05) is 55.5 Å². The lowest BCUT2D eigenvalue weighted by molar-refractivity contribution is -0.121. The Morgan fingerprint density at radius 3 is 2.21 bits per heavy atom. The monoisotopic (exact) mass is 402 g/mol. The highest BCUT2D eigenvalue weighted by Gasteiger charge is 2.21. The molecule has 0 radical (unpaired) electrons. The molecule has 5 nitrogen and oxygen atoms in total. The minimum Gasteiger partial charge on any atom is -0.356 e. The molecule has 2 rings (SSSR count). The van der Waals surface area contributed by atoms with Gasteiger partial charge in [0.25, 0.3) is 0 Å². The van der Waals surface area contributed by atoms with Crippen LogP contribution in [0.1, 0.15) is 42.4 Å². The van der Waals surface area contributed by atoms with Crippen molar-refractivity contribution in [1.82, 2.24) is 5.32 Å². The van der Waals surface area contributed by atoms with E-state index in [1.165, 1.54) is 16.1 Å². The first kappa shape index (κ1) is 22.0. The molecule has 0 aliphatic rings. The molecule has 0 saturated carbocycles. The van der Waals surface area contributed by atoms with Crippen LogP contribution < -0.4 is 9.62 Å². The maximum Gasteiger partial charge on any atom is 0.232 e. The molecule has 0 heterocycles. The third-order valence-corrected chi connectivity index (χ3v) is 5.99. The van der Waals surface area contributed by atoms with Crippen molar-refractivity contribution in [1.29, 1.82) is 0 Å². The third kappa shape index (κ3) is 6.09. The SMILES string of the molecule is Cc1cccc(C)c1N(CCCC(=O)NCC(C)c1ccccc1)S(C)(=O)=O. The number of carbonyl (C=O) groups excluding carboxylic acids is 1. The topological polar surface area (TPSA) is 66.5 Å². The quantitative estimate of drug-likeness (QED) is 0.694. The van der Waals surface area contributed by atoms with Gasteiger partial charge < -0.3 is 5.32 Å². The third-order valence-electron chi connectivity index (χ3n) is 4.83. The van der Waals surface area contributed by atoms with Crippen molar-refractivity contribution >= 4 is 21.6 Å². The minimum atomic E-state index is -3.42. The molecule has 0 aromatic heterocycles. The fourth-order valence-electron chi connectivity index (χ4n) is 3.28. The van der Waals surface area contributed by atoms with Gasteiger partial charge in [0.15, 0.2) is 0 Å². The summed E-state index contributed by atoms with van der Waals surface area (Å²) in [5.74, 6) is 0.171. The summed E-state index contributed by atoms with van der Waals surface area (Å²) < 4.78 is 26.0. The maximum atomic E-state index is 12.3. The fraction of sp³-hybridized carbons (Fsp3) is 0.409. The number of hydrogen-bond acceptors (Lipinski definition) is 3. The van der Waals surface area contributed by atoms with Crippen molar-refractivity contribution in [2.24, 2.45) is 0 Å². The van der Waals surface area contributed by atoms with Crippen LogP contribution in [0.3, 0.4) is 0 Å². The van der Waals surface area contributed by atoms with E-state index in [2.05, 4.69) is 12.2 Å². The second kappa shape index (κ2) is 9.73. The van der Waals surface area contributed by atoms with Crippen molar-refractivity contribution in [3.05, 3.63) is 65.2 Å². The van der Waals surface area contributed by atoms with Gasteiger partial charge in [-0.2, -0.15) is 0 Å². The Morgan fingerprint density at radius 1 is 1.04 bits per heavy atom. The molecule has 152 valence electrons. The van der Waals surface area contributed by atoms with Crippen molar-refractivity contribution < 1.29 is 13.2 Å². The molecule has 1 amide bonds. The number of rotatable bonds is 9. The van der Waals surface area contributed by atoms with Gasteiger partial charge >= 0.3 is 0 Å². The zero-order valence-corrected chi connectivity index (χ0v) is 17.9. The molecule has 1 atom stereocenters. The molecule has 1 unspecified atom stereocenters. The summed E-state index contributed by atoms with van der Waals surface area (Å²) in [6.07, 6.45) is 1.96. The summed E-state index contributed by atoms with van der Waals surface area (Å²) in [4.78, 5) is 12.2. The molecule has 0 saturated heterocycles. The molecule has 1 N–H and O–H groups in total. The number of aryl methyl sites for hydroxylation is 2. The zero-order valence-electron chi connectivity index (χ0n) is 17.1. The second-order valence-corrected chi connectivity index (χ2v) is 9.20. The van der Waals surface area contributed by atoms with Crippen LogP contribution in [0.15, 0.2) is 48.5 Å². The first-order valence-corrected chi connectivity index (χ1v) is 11.4. The summed E-state index contributed by atoms with van der Waals surface area (Å²) in [6.45, 7) is 6.72. The highest BCUT2D eigenvalue weighted by atomic mass is 32.2. The molecule has 0 fully saturated rings. The zero-order chi connectivity index (χ0) is 20.7. The summed E-state index contributed by atoms with van der Waals surface area (Å²) in [7, 11) is -3.42. The summed E-state index contributed by atoms with van der Waals surface area (Å²) >= 11 is 0. The number of benzene rings is 2. The highest BCUT2D eigenvalue weighted by Crippen LogP contribution is 2.27. The summed E-state index contributed by atoms with van der Waals surface area (Å²) in [5.41, 5.74) is 3.71. The van der Waals surface area contributed by atoms with Gasteiger partial charge in [-0.15, -0.1) is 0 Å². The van der Waals surface area contributed by atoms with E-state index in [1.54, 1.807) is 0 Å². The lowest BCUT2D eigenvalue weighted by Gasteiger charge is -2.26. The van der Waals surface area contributed by atoms with Gasteiger partial charge in [0.05, 0.1) is 11.9 Å². The van der Waals surface area contributed by atoms with Crippen molar-refractivity contribution in [3.63, 3.8) is 0 Å². The lowest BCUT2D eigenvalue weighted by atomic mass is 10.0. The first-order chi connectivity index (χ1) is 13.2. The Morgan fingerprint density at radius 2 is 1.64 bits per heavy atom. The fourth-order valence-corrected chi connectivity index (χ4v) is 4.36. The summed E-state index contributed by atoms with van der Waals surface area (Å²) in [5, 5.41) is 2.95. The number of carbonyl (C=O) groups is 1. The molecular weight excluding hydrogens is 372 g/mol. The van der Waals surface area contributed by atoms with E-state index in [0.29, 0.717) is 25.1 Å². The number of anilines is 1. The van der Waals surface area contributed by atoms with E-state index >= 15 is 0 Å². The predicted octanol–water partition coefficient (Wildman–Crippen LogP) is 3.77. The van der Waals surface area contributed by atoms with E-state index in [0.717, 1.165) is 11.1 Å². The van der Waals surface area contributed by atoms with Crippen molar-refractivity contribution in [2.75, 3.05) is 23.7 Å². The van der Waals surface area contributed by atoms with Gasteiger partial charge in [-0.3, -0.25) is 9.10 Å². The van der Waals surface area contributed by atoms with E-state index in [-0.39, 0.29) is 18.4 Å². The van der Waals surface area contributed by atoms with Gasteiger partial charge in [0.2, 0.25) is 15.9 Å². The lowest BCUT2D eigenvalue weighted by Crippen LogP contribution is -2.33. The van der Waals surface area contributed by atoms with Crippen LogP contribution >= 0.6 is 0 Å². The number of para-hydroxylation sites is 1. The van der Waals surface area contributed by atoms with Gasteiger partial charge in [-0.25, -0.2) is 8.42 Å². The molecule has 6 heteroatoms. The number of hydrogen-bond donors (Lipinski definition) is 1. The largest absolute Gasteiger partial charge is 0.356 e. The second-order valence-electron chi connectivity index (χ2n) is 7.29. The van der Waals surface area contributed by atoms with Crippen molar-refractivity contribution in [3.8, 4) is 0 Å². The van der Waals surface area contributed by atoms with E-state index in [9.17, 15) is 13.2 Å². The van der Waals surface area contributed by atoms with Crippen LogP contribution in [0.5, 0.6) is 0 Å². The molecule has 28 heavy (non-hydrogen) atoms. The Hall–Kier alpha value is -2.34. The van der Waals surface area contributed by atoms with Crippen LogP contribution in [0, 0.1) is 13.8 Å². The van der Waals surface area contributed by atoms with E-state index < -0.39 is 10.0 Å². The van der Waals surface area contributed by atoms with Crippen LogP contribution in [0.2, 0.25) is 0 Å². The molecule has 0 aliphatic heterocycles. The normalized spacial score (nSPS) is 12.4. The predicted molar refractivity (Wildman–Crippen MR) is 115 cm³/mol. The Labute approximate surface area is 168 Å². The Bertz CT molecular complexity index is 875. The summed E-state index contributed by atoms with van der Waals surface area (Å²) in [6, 6.07) is 15.8. The molecule has 0 spiro atoms. The molecule has 0 aliphatic carbocycles. The Kier molecular flexibility index (Phi) is 7.63. The standard InChI is InChI=1S/C22H30N2O3S/c1-17-10-8-11-18(2)22(17)24(28(4,26)27)15-9-14-21(25)23-16-19(3)20-12-6-5-7-13-20/h5-8,10-13,19H,9,14-16H2,1-4H3,(H,23,25). The van der Waals surface area contributed by atoms with Gasteiger partial charge in [-0.05, 0) is 42.9 Å². The van der Waals surface area contributed by atoms with Gasteiger partial charge in [0, 0.05) is 19.5 Å². The first-order valence-electron chi connectivity index (χ1n) is 9.55. The Balaban J connectivity index is 1.91. The number of amides is 1. The average molecular weight is 403 g/mol. The number of nitrogens with zero attached hydrogens (tertiary/aromatic N) is 1. The van der Waals surface area contributed by atoms with Gasteiger partial charge in [0.1, 0.15) is 0 Å². The van der Waals surface area contributed by atoms with Crippen LogP contribution in [-0.2, 0) is 14.8 Å².